The Morgan fingerprint density at radius 2 is 1.90 bits per heavy atom. The van der Waals surface area contributed by atoms with Crippen LogP contribution < -0.4 is 16.4 Å². The maximum Gasteiger partial charge on any atom is 0.326 e. The number of hydrogen-bond donors (Lipinski definition) is 4. The third-order valence-corrected chi connectivity index (χ3v) is 6.00. The Kier molecular flexibility index (Phi) is 10.5. The van der Waals surface area contributed by atoms with E-state index in [1.54, 1.807) is 0 Å². The number of carboxylic acid groups (broad SMARTS) is 1. The zero-order valence-electron chi connectivity index (χ0n) is 17.6. The van der Waals surface area contributed by atoms with E-state index in [0.29, 0.717) is 31.6 Å². The van der Waals surface area contributed by atoms with Gasteiger partial charge in [-0.3, -0.25) is 14.4 Å². The second-order valence-electron chi connectivity index (χ2n) is 7.51. The normalized spacial score (nSPS) is 20.4. The number of thioether (sulfide) groups is 1. The van der Waals surface area contributed by atoms with Gasteiger partial charge in [-0.05, 0) is 44.1 Å². The van der Waals surface area contributed by atoms with E-state index in [2.05, 4.69) is 10.6 Å². The molecule has 5 atom stereocenters. The van der Waals surface area contributed by atoms with Gasteiger partial charge in [0, 0.05) is 6.54 Å². The fraction of sp³-hybridized carbons (Fsp3) is 0.789. The van der Waals surface area contributed by atoms with Crippen molar-refractivity contribution in [3.8, 4) is 0 Å². The van der Waals surface area contributed by atoms with E-state index in [1.807, 2.05) is 20.1 Å². The van der Waals surface area contributed by atoms with E-state index < -0.39 is 42.0 Å². The van der Waals surface area contributed by atoms with Crippen LogP contribution >= 0.6 is 11.8 Å². The summed E-state index contributed by atoms with van der Waals surface area (Å²) in [6, 6.07) is -3.26. The van der Waals surface area contributed by atoms with Crippen molar-refractivity contribution in [2.75, 3.05) is 18.6 Å². The van der Waals surface area contributed by atoms with Crippen molar-refractivity contribution in [1.82, 2.24) is 15.5 Å². The molecule has 0 spiro atoms. The van der Waals surface area contributed by atoms with E-state index in [0.717, 1.165) is 6.42 Å². The second kappa shape index (κ2) is 12.0. The van der Waals surface area contributed by atoms with E-state index in [1.165, 1.54) is 23.6 Å². The van der Waals surface area contributed by atoms with Crippen molar-refractivity contribution >= 4 is 35.5 Å². The van der Waals surface area contributed by atoms with Crippen LogP contribution in [0.15, 0.2) is 0 Å². The van der Waals surface area contributed by atoms with Crippen molar-refractivity contribution in [3.05, 3.63) is 0 Å². The number of nitrogens with one attached hydrogen (secondary N) is 2. The summed E-state index contributed by atoms with van der Waals surface area (Å²) in [5.41, 5.74) is 6.04. The van der Waals surface area contributed by atoms with Crippen molar-refractivity contribution in [2.45, 2.75) is 70.6 Å². The molecule has 0 aromatic heterocycles. The summed E-state index contributed by atoms with van der Waals surface area (Å²) in [4.78, 5) is 50.5. The Morgan fingerprint density at radius 1 is 1.24 bits per heavy atom. The molecule has 166 valence electrons. The second-order valence-corrected chi connectivity index (χ2v) is 8.50. The number of rotatable bonds is 11. The van der Waals surface area contributed by atoms with Gasteiger partial charge in [-0.15, -0.1) is 0 Å². The van der Waals surface area contributed by atoms with Crippen LogP contribution in [0.25, 0.3) is 0 Å². The van der Waals surface area contributed by atoms with Crippen molar-refractivity contribution in [3.63, 3.8) is 0 Å². The number of carboxylic acids is 1. The predicted molar refractivity (Wildman–Crippen MR) is 112 cm³/mol. The van der Waals surface area contributed by atoms with Crippen LogP contribution in [0.4, 0.5) is 0 Å². The van der Waals surface area contributed by atoms with Gasteiger partial charge in [-0.25, -0.2) is 4.79 Å². The van der Waals surface area contributed by atoms with Gasteiger partial charge in [0.1, 0.15) is 18.1 Å². The average molecular weight is 431 g/mol. The smallest absolute Gasteiger partial charge is 0.326 e. The molecule has 1 rings (SSSR count). The molecule has 1 aliphatic heterocycles. The fourth-order valence-corrected chi connectivity index (χ4v) is 3.63. The molecule has 0 aromatic rings. The van der Waals surface area contributed by atoms with Crippen molar-refractivity contribution < 1.29 is 24.3 Å². The largest absolute Gasteiger partial charge is 0.480 e. The summed E-state index contributed by atoms with van der Waals surface area (Å²) in [6.07, 6.45) is 4.10. The summed E-state index contributed by atoms with van der Waals surface area (Å²) in [7, 11) is 0. The Labute approximate surface area is 176 Å². The Morgan fingerprint density at radius 3 is 2.45 bits per heavy atom. The van der Waals surface area contributed by atoms with Gasteiger partial charge in [0.25, 0.3) is 0 Å². The number of amides is 3. The molecular formula is C19H34N4O5S. The molecule has 0 aromatic carbocycles. The molecule has 5 unspecified atom stereocenters. The number of nitrogens with two attached hydrogens (primary N) is 1. The van der Waals surface area contributed by atoms with Gasteiger partial charge in [-0.2, -0.15) is 11.8 Å². The molecule has 0 bridgehead atoms. The lowest BCUT2D eigenvalue weighted by Gasteiger charge is -2.29. The lowest BCUT2D eigenvalue weighted by Crippen LogP contribution is -2.56. The highest BCUT2D eigenvalue weighted by Crippen LogP contribution is 2.20. The van der Waals surface area contributed by atoms with Crippen LogP contribution in [0.1, 0.15) is 46.5 Å². The third kappa shape index (κ3) is 7.18. The van der Waals surface area contributed by atoms with Gasteiger partial charge < -0.3 is 26.4 Å². The monoisotopic (exact) mass is 430 g/mol. The van der Waals surface area contributed by atoms with Crippen LogP contribution in [-0.4, -0.2) is 76.4 Å². The van der Waals surface area contributed by atoms with Crippen LogP contribution in [0, 0.1) is 5.92 Å². The highest BCUT2D eigenvalue weighted by Gasteiger charge is 2.38. The number of aliphatic carboxylic acids is 1. The SMILES string of the molecule is CCC(C)C(N)C(=O)N1CCCC1C(=O)NC(C)C(=O)NC(CCSC)C(=O)O. The number of likely N-dealkylation sites (tertiary alicyclic amines) is 1. The van der Waals surface area contributed by atoms with Crippen molar-refractivity contribution in [2.24, 2.45) is 11.7 Å². The van der Waals surface area contributed by atoms with Gasteiger partial charge in [-0.1, -0.05) is 20.3 Å². The molecule has 1 fully saturated rings. The van der Waals surface area contributed by atoms with Crippen LogP contribution in [0.2, 0.25) is 0 Å². The first-order chi connectivity index (χ1) is 13.6. The standard InChI is InChI=1S/C19H34N4O5S/c1-5-11(2)15(20)18(26)23-9-6-7-14(23)17(25)21-12(3)16(24)22-13(19(27)28)8-10-29-4/h11-15H,5-10,20H2,1-4H3,(H,21,25)(H,22,24)(H,27,28). The molecule has 1 saturated heterocycles. The predicted octanol–water partition coefficient (Wildman–Crippen LogP) is 0.178. The topological polar surface area (TPSA) is 142 Å². The van der Waals surface area contributed by atoms with Crippen molar-refractivity contribution in [1.29, 1.82) is 0 Å². The van der Waals surface area contributed by atoms with Gasteiger partial charge in [0.2, 0.25) is 17.7 Å². The lowest BCUT2D eigenvalue weighted by atomic mass is 9.98. The molecule has 5 N–H and O–H groups in total. The maximum absolute atomic E-state index is 12.7. The van der Waals surface area contributed by atoms with Crippen LogP contribution in [-0.2, 0) is 19.2 Å². The van der Waals surface area contributed by atoms with E-state index in [9.17, 15) is 24.3 Å². The fourth-order valence-electron chi connectivity index (χ4n) is 3.16. The Bertz CT molecular complexity index is 603. The molecule has 0 saturated carbocycles. The highest BCUT2D eigenvalue weighted by molar-refractivity contribution is 7.98. The Hall–Kier alpha value is -1.81. The summed E-state index contributed by atoms with van der Waals surface area (Å²) < 4.78 is 0. The quantitative estimate of drug-likeness (QED) is 0.366. The van der Waals surface area contributed by atoms with Gasteiger partial charge in [0.15, 0.2) is 0 Å². The first-order valence-corrected chi connectivity index (χ1v) is 11.4. The van der Waals surface area contributed by atoms with Gasteiger partial charge in [0.05, 0.1) is 6.04 Å². The maximum atomic E-state index is 12.7. The summed E-state index contributed by atoms with van der Waals surface area (Å²) in [5, 5.41) is 14.3. The molecule has 9 nitrogen and oxygen atoms in total. The number of nitrogens with zero attached hydrogens (tertiary/aromatic N) is 1. The van der Waals surface area contributed by atoms with Gasteiger partial charge >= 0.3 is 5.97 Å². The van der Waals surface area contributed by atoms with E-state index in [-0.39, 0.29) is 11.8 Å². The zero-order valence-corrected chi connectivity index (χ0v) is 18.5. The Balaban J connectivity index is 2.69. The molecule has 3 amide bonds. The molecule has 29 heavy (non-hydrogen) atoms. The minimum Gasteiger partial charge on any atom is -0.480 e. The summed E-state index contributed by atoms with van der Waals surface area (Å²) in [5.74, 6) is -1.77. The number of carbonyl (C=O) groups excluding carboxylic acids is 3. The van der Waals surface area contributed by atoms with Crippen LogP contribution in [0.5, 0.6) is 0 Å². The molecule has 0 aliphatic carbocycles. The van der Waals surface area contributed by atoms with E-state index in [4.69, 9.17) is 5.73 Å². The van der Waals surface area contributed by atoms with E-state index >= 15 is 0 Å². The number of hydrogen-bond acceptors (Lipinski definition) is 6. The molecular weight excluding hydrogens is 396 g/mol. The zero-order chi connectivity index (χ0) is 22.1. The molecule has 10 heteroatoms. The first kappa shape index (κ1) is 25.2. The molecule has 1 aliphatic rings. The summed E-state index contributed by atoms with van der Waals surface area (Å²) in [6.45, 7) is 5.80. The average Bonchev–Trinajstić information content (AvgIpc) is 3.18. The minimum absolute atomic E-state index is 0.00532. The first-order valence-electron chi connectivity index (χ1n) is 10.0. The van der Waals surface area contributed by atoms with Crippen LogP contribution in [0.3, 0.4) is 0 Å². The molecule has 0 radical (unpaired) electrons. The minimum atomic E-state index is -1.11. The number of carbonyl (C=O) groups is 4. The lowest BCUT2D eigenvalue weighted by molar-refractivity contribution is -0.143. The summed E-state index contributed by atoms with van der Waals surface area (Å²) >= 11 is 1.49. The molecule has 1 heterocycles. The highest BCUT2D eigenvalue weighted by atomic mass is 32.2. The third-order valence-electron chi connectivity index (χ3n) is 5.36.